The number of benzene rings is 1. The topological polar surface area (TPSA) is 24.5 Å². The lowest BCUT2D eigenvalue weighted by Crippen LogP contribution is -2.33. The monoisotopic (exact) mass is 310 g/mol. The SMILES string of the molecule is CC[C@H](COc1cc(Cl)ccc1C1CCNCC1)N(C)C. The summed E-state index contributed by atoms with van der Waals surface area (Å²) in [7, 11) is 4.20. The van der Waals surface area contributed by atoms with Gasteiger partial charge in [0.25, 0.3) is 0 Å². The van der Waals surface area contributed by atoms with Crippen molar-refractivity contribution in [1.29, 1.82) is 0 Å². The molecule has 0 bridgehead atoms. The first-order chi connectivity index (χ1) is 10.1. The fourth-order valence-corrected chi connectivity index (χ4v) is 3.08. The van der Waals surface area contributed by atoms with E-state index in [2.05, 4.69) is 37.3 Å². The number of rotatable bonds is 6. The molecule has 0 radical (unpaired) electrons. The maximum Gasteiger partial charge on any atom is 0.124 e. The molecule has 1 aromatic carbocycles. The minimum absolute atomic E-state index is 0.435. The summed E-state index contributed by atoms with van der Waals surface area (Å²) in [6.45, 7) is 5.07. The Labute approximate surface area is 133 Å². The second-order valence-corrected chi connectivity index (χ2v) is 6.48. The van der Waals surface area contributed by atoms with Gasteiger partial charge in [-0.3, -0.25) is 0 Å². The first-order valence-electron chi connectivity index (χ1n) is 7.91. The van der Waals surface area contributed by atoms with Crippen LogP contribution < -0.4 is 10.1 Å². The van der Waals surface area contributed by atoms with E-state index < -0.39 is 0 Å². The van der Waals surface area contributed by atoms with Gasteiger partial charge in [-0.2, -0.15) is 0 Å². The molecule has 0 saturated carbocycles. The van der Waals surface area contributed by atoms with Crippen LogP contribution in [0.4, 0.5) is 0 Å². The zero-order valence-electron chi connectivity index (χ0n) is 13.4. The van der Waals surface area contributed by atoms with Crippen molar-refractivity contribution in [1.82, 2.24) is 10.2 Å². The van der Waals surface area contributed by atoms with Gasteiger partial charge in [-0.05, 0) is 70.1 Å². The Kier molecular flexibility index (Phi) is 6.34. The van der Waals surface area contributed by atoms with Crippen molar-refractivity contribution in [3.63, 3.8) is 0 Å². The number of nitrogens with one attached hydrogen (secondary N) is 1. The molecule has 1 fully saturated rings. The fourth-order valence-electron chi connectivity index (χ4n) is 2.92. The van der Waals surface area contributed by atoms with E-state index in [0.717, 1.165) is 30.3 Å². The van der Waals surface area contributed by atoms with E-state index in [1.807, 2.05) is 12.1 Å². The zero-order chi connectivity index (χ0) is 15.2. The van der Waals surface area contributed by atoms with Crippen LogP contribution in [-0.4, -0.2) is 44.7 Å². The van der Waals surface area contributed by atoms with Crippen LogP contribution in [0.3, 0.4) is 0 Å². The summed E-state index contributed by atoms with van der Waals surface area (Å²) in [6.07, 6.45) is 3.42. The molecule has 1 N–H and O–H groups in total. The van der Waals surface area contributed by atoms with Crippen LogP contribution in [-0.2, 0) is 0 Å². The maximum atomic E-state index is 6.16. The molecule has 4 heteroatoms. The van der Waals surface area contributed by atoms with E-state index in [9.17, 15) is 0 Å². The van der Waals surface area contributed by atoms with Gasteiger partial charge in [-0.25, -0.2) is 0 Å². The standard InChI is InChI=1S/C17H27ClN2O/c1-4-15(20(2)3)12-21-17-11-14(18)5-6-16(17)13-7-9-19-10-8-13/h5-6,11,13,15,19H,4,7-10,12H2,1-3H3/t15-/m1/s1. The molecule has 0 aliphatic carbocycles. The number of halogens is 1. The lowest BCUT2D eigenvalue weighted by molar-refractivity contribution is 0.179. The quantitative estimate of drug-likeness (QED) is 0.870. The summed E-state index contributed by atoms with van der Waals surface area (Å²) < 4.78 is 6.14. The van der Waals surface area contributed by atoms with Gasteiger partial charge in [-0.15, -0.1) is 0 Å². The Morgan fingerprint density at radius 1 is 1.33 bits per heavy atom. The predicted molar refractivity (Wildman–Crippen MR) is 89.6 cm³/mol. The molecule has 0 amide bonds. The molecule has 0 spiro atoms. The summed E-state index contributed by atoms with van der Waals surface area (Å²) in [5.74, 6) is 1.55. The lowest BCUT2D eigenvalue weighted by atomic mass is 9.89. The molecule has 1 aliphatic rings. The van der Waals surface area contributed by atoms with Gasteiger partial charge < -0.3 is 15.0 Å². The van der Waals surface area contributed by atoms with E-state index in [1.165, 1.54) is 18.4 Å². The van der Waals surface area contributed by atoms with Crippen molar-refractivity contribution in [3.05, 3.63) is 28.8 Å². The van der Waals surface area contributed by atoms with Gasteiger partial charge in [0, 0.05) is 11.1 Å². The number of hydrogen-bond donors (Lipinski definition) is 1. The van der Waals surface area contributed by atoms with Crippen LogP contribution in [0.1, 0.15) is 37.7 Å². The summed E-state index contributed by atoms with van der Waals surface area (Å²) in [4.78, 5) is 2.22. The molecule has 21 heavy (non-hydrogen) atoms. The minimum atomic E-state index is 0.435. The molecule has 2 rings (SSSR count). The highest BCUT2D eigenvalue weighted by Crippen LogP contribution is 2.34. The molecule has 1 aliphatic heterocycles. The van der Waals surface area contributed by atoms with Crippen molar-refractivity contribution in [2.24, 2.45) is 0 Å². The molecule has 0 unspecified atom stereocenters. The smallest absolute Gasteiger partial charge is 0.124 e. The van der Waals surface area contributed by atoms with Gasteiger partial charge in [0.1, 0.15) is 12.4 Å². The van der Waals surface area contributed by atoms with Crippen molar-refractivity contribution in [3.8, 4) is 5.75 Å². The number of nitrogens with zero attached hydrogens (tertiary/aromatic N) is 1. The van der Waals surface area contributed by atoms with Crippen LogP contribution in [0, 0.1) is 0 Å². The Hall–Kier alpha value is -0.770. The van der Waals surface area contributed by atoms with Crippen molar-refractivity contribution in [2.75, 3.05) is 33.8 Å². The second-order valence-electron chi connectivity index (χ2n) is 6.04. The van der Waals surface area contributed by atoms with Crippen LogP contribution in [0.15, 0.2) is 18.2 Å². The highest BCUT2D eigenvalue weighted by Gasteiger charge is 2.20. The Balaban J connectivity index is 2.11. The summed E-state index contributed by atoms with van der Waals surface area (Å²) in [5.41, 5.74) is 1.31. The highest BCUT2D eigenvalue weighted by molar-refractivity contribution is 6.30. The van der Waals surface area contributed by atoms with Crippen molar-refractivity contribution >= 4 is 11.6 Å². The Bertz CT molecular complexity index is 444. The molecule has 118 valence electrons. The average Bonchev–Trinajstić information content (AvgIpc) is 2.48. The van der Waals surface area contributed by atoms with E-state index >= 15 is 0 Å². The van der Waals surface area contributed by atoms with Gasteiger partial charge in [0.05, 0.1) is 0 Å². The predicted octanol–water partition coefficient (Wildman–Crippen LogP) is 3.53. The molecule has 0 aromatic heterocycles. The van der Waals surface area contributed by atoms with Gasteiger partial charge in [-0.1, -0.05) is 24.6 Å². The van der Waals surface area contributed by atoms with Crippen molar-refractivity contribution < 1.29 is 4.74 Å². The van der Waals surface area contributed by atoms with Gasteiger partial charge >= 0.3 is 0 Å². The van der Waals surface area contributed by atoms with E-state index in [0.29, 0.717) is 18.6 Å². The first kappa shape index (κ1) is 16.6. The fraction of sp³-hybridized carbons (Fsp3) is 0.647. The normalized spacial score (nSPS) is 18.0. The minimum Gasteiger partial charge on any atom is -0.492 e. The van der Waals surface area contributed by atoms with Gasteiger partial charge in [0.2, 0.25) is 0 Å². The number of hydrogen-bond acceptors (Lipinski definition) is 3. The van der Waals surface area contributed by atoms with Crippen LogP contribution >= 0.6 is 11.6 Å². The van der Waals surface area contributed by atoms with Crippen molar-refractivity contribution in [2.45, 2.75) is 38.1 Å². The molecule has 1 aromatic rings. The third-order valence-electron chi connectivity index (χ3n) is 4.39. The van der Waals surface area contributed by atoms with Gasteiger partial charge in [0.15, 0.2) is 0 Å². The zero-order valence-corrected chi connectivity index (χ0v) is 14.1. The maximum absolute atomic E-state index is 6.16. The molecular weight excluding hydrogens is 284 g/mol. The molecule has 3 nitrogen and oxygen atoms in total. The lowest BCUT2D eigenvalue weighted by Gasteiger charge is -2.27. The third kappa shape index (κ3) is 4.60. The molecule has 1 heterocycles. The number of likely N-dealkylation sites (N-methyl/N-ethyl adjacent to an activating group) is 1. The summed E-state index contributed by atoms with van der Waals surface area (Å²) >= 11 is 6.16. The van der Waals surface area contributed by atoms with E-state index in [-0.39, 0.29) is 0 Å². The highest BCUT2D eigenvalue weighted by atomic mass is 35.5. The molecule has 1 atom stereocenters. The van der Waals surface area contributed by atoms with E-state index in [1.54, 1.807) is 0 Å². The summed E-state index contributed by atoms with van der Waals surface area (Å²) in [5, 5.41) is 4.17. The average molecular weight is 311 g/mol. The molecular formula is C17H27ClN2O. The van der Waals surface area contributed by atoms with Crippen LogP contribution in [0.5, 0.6) is 5.75 Å². The third-order valence-corrected chi connectivity index (χ3v) is 4.62. The number of piperidine rings is 1. The second kappa shape index (κ2) is 8.02. The molecule has 1 saturated heterocycles. The van der Waals surface area contributed by atoms with E-state index in [4.69, 9.17) is 16.3 Å². The Morgan fingerprint density at radius 2 is 2.05 bits per heavy atom. The largest absolute Gasteiger partial charge is 0.492 e. The first-order valence-corrected chi connectivity index (χ1v) is 8.29. The number of ether oxygens (including phenoxy) is 1. The Morgan fingerprint density at radius 3 is 2.67 bits per heavy atom. The van der Waals surface area contributed by atoms with Crippen LogP contribution in [0.25, 0.3) is 0 Å². The van der Waals surface area contributed by atoms with Crippen LogP contribution in [0.2, 0.25) is 5.02 Å². The summed E-state index contributed by atoms with van der Waals surface area (Å²) in [6, 6.07) is 6.53.